The fourth-order valence-electron chi connectivity index (χ4n) is 2.11. The Bertz CT molecular complexity index is 601. The zero-order valence-electron chi connectivity index (χ0n) is 10.7. The predicted octanol–water partition coefficient (Wildman–Crippen LogP) is 4.86. The van der Waals surface area contributed by atoms with Gasteiger partial charge in [-0.25, -0.2) is 4.39 Å². The zero-order valence-corrected chi connectivity index (χ0v) is 13.0. The highest BCUT2D eigenvalue weighted by atomic mass is 79.9. The van der Waals surface area contributed by atoms with E-state index in [0.29, 0.717) is 15.1 Å². The minimum atomic E-state index is -0.280. The first-order valence-electron chi connectivity index (χ1n) is 5.91. The average Bonchev–Trinajstić information content (AvgIpc) is 2.36. The van der Waals surface area contributed by atoms with Gasteiger partial charge in [-0.15, -0.1) is 0 Å². The van der Waals surface area contributed by atoms with Gasteiger partial charge in [0.1, 0.15) is 5.82 Å². The van der Waals surface area contributed by atoms with Crippen LogP contribution in [0.25, 0.3) is 0 Å². The maximum Gasteiger partial charge on any atom is 0.129 e. The van der Waals surface area contributed by atoms with Gasteiger partial charge in [-0.1, -0.05) is 41.4 Å². The number of rotatable bonds is 3. The lowest BCUT2D eigenvalue weighted by molar-refractivity contribution is 0.575. The van der Waals surface area contributed by atoms with Crippen LogP contribution in [0.5, 0.6) is 0 Å². The van der Waals surface area contributed by atoms with Crippen LogP contribution in [0.4, 0.5) is 4.39 Å². The fraction of sp³-hybridized carbons (Fsp3) is 0.200. The molecule has 2 aromatic carbocycles. The van der Waals surface area contributed by atoms with Crippen LogP contribution in [0, 0.1) is 12.7 Å². The van der Waals surface area contributed by atoms with Crippen LogP contribution in [-0.2, 0) is 0 Å². The summed E-state index contributed by atoms with van der Waals surface area (Å²) in [5, 5.41) is 3.64. The second kappa shape index (κ2) is 6.04. The van der Waals surface area contributed by atoms with Gasteiger partial charge in [0.15, 0.2) is 0 Å². The van der Waals surface area contributed by atoms with E-state index in [0.717, 1.165) is 11.1 Å². The van der Waals surface area contributed by atoms with Gasteiger partial charge in [0, 0.05) is 10.0 Å². The van der Waals surface area contributed by atoms with Crippen LogP contribution in [0.3, 0.4) is 0 Å². The highest BCUT2D eigenvalue weighted by Gasteiger charge is 2.18. The third kappa shape index (κ3) is 3.16. The molecule has 1 N–H and O–H groups in total. The third-order valence-electron chi connectivity index (χ3n) is 3.01. The summed E-state index contributed by atoms with van der Waals surface area (Å²) in [6, 6.07) is 10.8. The lowest BCUT2D eigenvalue weighted by Crippen LogP contribution is -2.19. The summed E-state index contributed by atoms with van der Waals surface area (Å²) in [6.07, 6.45) is 0. The van der Waals surface area contributed by atoms with Crippen molar-refractivity contribution >= 4 is 27.5 Å². The maximum atomic E-state index is 14.1. The molecule has 1 nitrogen and oxygen atoms in total. The standard InChI is InChI=1S/C15H14BrClFN/c1-9-4-3-5-10(6-9)15(19-2)11-7-13(17)12(16)8-14(11)18/h3-8,15,19H,1-2H3. The van der Waals surface area contributed by atoms with Gasteiger partial charge in [-0.05, 0) is 47.6 Å². The van der Waals surface area contributed by atoms with Crippen molar-refractivity contribution in [1.29, 1.82) is 0 Å². The summed E-state index contributed by atoms with van der Waals surface area (Å²) in [7, 11) is 1.81. The molecule has 2 rings (SSSR count). The minimum absolute atomic E-state index is 0.217. The molecule has 4 heteroatoms. The largest absolute Gasteiger partial charge is 0.309 e. The van der Waals surface area contributed by atoms with E-state index in [-0.39, 0.29) is 11.9 Å². The molecule has 100 valence electrons. The van der Waals surface area contributed by atoms with Crippen LogP contribution in [0.1, 0.15) is 22.7 Å². The molecule has 0 spiro atoms. The van der Waals surface area contributed by atoms with Gasteiger partial charge in [-0.2, -0.15) is 0 Å². The second-order valence-corrected chi connectivity index (χ2v) is 5.69. The van der Waals surface area contributed by atoms with E-state index < -0.39 is 0 Å². The Labute approximate surface area is 125 Å². The SMILES string of the molecule is CNC(c1cccc(C)c1)c1cc(Cl)c(Br)cc1F. The van der Waals surface area contributed by atoms with Crippen LogP contribution >= 0.6 is 27.5 Å². The first kappa shape index (κ1) is 14.5. The van der Waals surface area contributed by atoms with E-state index in [9.17, 15) is 4.39 Å². The molecule has 0 aliphatic rings. The molecule has 0 amide bonds. The molecule has 2 aromatic rings. The molecular formula is C15H14BrClFN. The summed E-state index contributed by atoms with van der Waals surface area (Å²) in [5.74, 6) is -0.280. The van der Waals surface area contributed by atoms with Crippen molar-refractivity contribution in [2.24, 2.45) is 0 Å². The first-order valence-corrected chi connectivity index (χ1v) is 7.08. The van der Waals surface area contributed by atoms with Crippen LogP contribution in [-0.4, -0.2) is 7.05 Å². The van der Waals surface area contributed by atoms with Gasteiger partial charge in [-0.3, -0.25) is 0 Å². The maximum absolute atomic E-state index is 14.1. The van der Waals surface area contributed by atoms with Crippen molar-refractivity contribution < 1.29 is 4.39 Å². The molecule has 0 heterocycles. The Morgan fingerprint density at radius 1 is 1.26 bits per heavy atom. The van der Waals surface area contributed by atoms with E-state index in [1.807, 2.05) is 38.2 Å². The smallest absolute Gasteiger partial charge is 0.129 e. The molecular weight excluding hydrogens is 329 g/mol. The quantitative estimate of drug-likeness (QED) is 0.786. The second-order valence-electron chi connectivity index (χ2n) is 4.42. The summed E-state index contributed by atoms with van der Waals surface area (Å²) in [4.78, 5) is 0. The molecule has 0 aliphatic carbocycles. The van der Waals surface area contributed by atoms with E-state index in [1.165, 1.54) is 6.07 Å². The fourth-order valence-corrected chi connectivity index (χ4v) is 2.60. The van der Waals surface area contributed by atoms with Gasteiger partial charge in [0.25, 0.3) is 0 Å². The Morgan fingerprint density at radius 3 is 2.63 bits per heavy atom. The number of benzene rings is 2. The molecule has 0 saturated heterocycles. The van der Waals surface area contributed by atoms with Crippen molar-refractivity contribution in [3.8, 4) is 0 Å². The van der Waals surface area contributed by atoms with Crippen LogP contribution in [0.2, 0.25) is 5.02 Å². The van der Waals surface area contributed by atoms with Crippen LogP contribution < -0.4 is 5.32 Å². The molecule has 0 aliphatic heterocycles. The van der Waals surface area contributed by atoms with E-state index >= 15 is 0 Å². The number of halogens is 3. The minimum Gasteiger partial charge on any atom is -0.309 e. The highest BCUT2D eigenvalue weighted by Crippen LogP contribution is 2.31. The van der Waals surface area contributed by atoms with Crippen molar-refractivity contribution in [2.45, 2.75) is 13.0 Å². The van der Waals surface area contributed by atoms with Crippen molar-refractivity contribution in [2.75, 3.05) is 7.05 Å². The molecule has 1 atom stereocenters. The summed E-state index contributed by atoms with van der Waals surface area (Å²) >= 11 is 9.29. The average molecular weight is 343 g/mol. The normalized spacial score (nSPS) is 12.5. The van der Waals surface area contributed by atoms with E-state index in [2.05, 4.69) is 21.2 Å². The Morgan fingerprint density at radius 2 is 2.00 bits per heavy atom. The Kier molecular flexibility index (Phi) is 4.61. The molecule has 0 aromatic heterocycles. The van der Waals surface area contributed by atoms with E-state index in [4.69, 9.17) is 11.6 Å². The third-order valence-corrected chi connectivity index (χ3v) is 4.21. The molecule has 0 saturated carbocycles. The van der Waals surface area contributed by atoms with E-state index in [1.54, 1.807) is 6.07 Å². The topological polar surface area (TPSA) is 12.0 Å². The van der Waals surface area contributed by atoms with Gasteiger partial charge in [0.2, 0.25) is 0 Å². The summed E-state index contributed by atoms with van der Waals surface area (Å²) in [6.45, 7) is 2.02. The molecule has 19 heavy (non-hydrogen) atoms. The van der Waals surface area contributed by atoms with Crippen molar-refractivity contribution in [3.63, 3.8) is 0 Å². The number of nitrogens with one attached hydrogen (secondary N) is 1. The molecule has 1 unspecified atom stereocenters. The van der Waals surface area contributed by atoms with Gasteiger partial charge < -0.3 is 5.32 Å². The number of aryl methyl sites for hydroxylation is 1. The Hall–Kier alpha value is -0.900. The summed E-state index contributed by atoms with van der Waals surface area (Å²) < 4.78 is 14.7. The lowest BCUT2D eigenvalue weighted by Gasteiger charge is -2.19. The first-order chi connectivity index (χ1) is 9.02. The molecule has 0 radical (unpaired) electrons. The predicted molar refractivity (Wildman–Crippen MR) is 81.2 cm³/mol. The zero-order chi connectivity index (χ0) is 14.0. The van der Waals surface area contributed by atoms with Crippen molar-refractivity contribution in [1.82, 2.24) is 5.32 Å². The lowest BCUT2D eigenvalue weighted by atomic mass is 9.97. The number of hydrogen-bond donors (Lipinski definition) is 1. The Balaban J connectivity index is 2.51. The van der Waals surface area contributed by atoms with Crippen molar-refractivity contribution in [3.05, 3.63) is 68.4 Å². The number of hydrogen-bond acceptors (Lipinski definition) is 1. The van der Waals surface area contributed by atoms with Gasteiger partial charge >= 0.3 is 0 Å². The summed E-state index contributed by atoms with van der Waals surface area (Å²) in [5.41, 5.74) is 2.70. The van der Waals surface area contributed by atoms with Gasteiger partial charge in [0.05, 0.1) is 11.1 Å². The monoisotopic (exact) mass is 341 g/mol. The molecule has 0 fully saturated rings. The highest BCUT2D eigenvalue weighted by molar-refractivity contribution is 9.10. The molecule has 0 bridgehead atoms. The van der Waals surface area contributed by atoms with Crippen LogP contribution in [0.15, 0.2) is 40.9 Å².